The Hall–Kier alpha value is -2.59. The highest BCUT2D eigenvalue weighted by molar-refractivity contribution is 8.01. The highest BCUT2D eigenvalue weighted by atomic mass is 32.2. The minimum absolute atomic E-state index is 0.0840. The molecule has 4 rings (SSSR count). The number of sulfone groups is 1. The molecule has 2 unspecified atom stereocenters. The van der Waals surface area contributed by atoms with E-state index in [2.05, 4.69) is 5.32 Å². The Morgan fingerprint density at radius 3 is 2.58 bits per heavy atom. The maximum Gasteiger partial charge on any atom is 0.237 e. The van der Waals surface area contributed by atoms with Crippen molar-refractivity contribution < 1.29 is 22.4 Å². The summed E-state index contributed by atoms with van der Waals surface area (Å²) in [5, 5.41) is 2.50. The lowest BCUT2D eigenvalue weighted by molar-refractivity contribution is -0.134. The van der Waals surface area contributed by atoms with Gasteiger partial charge in [-0.1, -0.05) is 19.1 Å². The number of carbonyl (C=O) groups is 2. The highest BCUT2D eigenvalue weighted by Crippen LogP contribution is 2.37. The molecular formula is C23H26FN3O4S2. The average Bonchev–Trinajstić information content (AvgIpc) is 2.79. The molecule has 7 nitrogen and oxygen atoms in total. The number of halogens is 1. The normalized spacial score (nSPS) is 19.6. The maximum atomic E-state index is 14.0. The van der Waals surface area contributed by atoms with Crippen LogP contribution in [0.15, 0.2) is 52.3 Å². The smallest absolute Gasteiger partial charge is 0.237 e. The molecule has 0 aliphatic carbocycles. The monoisotopic (exact) mass is 491 g/mol. The molecule has 2 aromatic rings. The minimum atomic E-state index is -3.74. The van der Waals surface area contributed by atoms with Crippen molar-refractivity contribution in [1.29, 1.82) is 0 Å². The molecule has 2 aliphatic heterocycles. The van der Waals surface area contributed by atoms with Crippen molar-refractivity contribution in [1.82, 2.24) is 4.90 Å². The van der Waals surface area contributed by atoms with Crippen molar-refractivity contribution in [2.45, 2.75) is 28.9 Å². The molecule has 2 amide bonds. The third-order valence-corrected chi connectivity index (χ3v) is 9.01. The topological polar surface area (TPSA) is 86.8 Å². The molecule has 1 fully saturated rings. The summed E-state index contributed by atoms with van der Waals surface area (Å²) in [7, 11) is -3.74. The summed E-state index contributed by atoms with van der Waals surface area (Å²) in [5.74, 6) is -1.75. The van der Waals surface area contributed by atoms with E-state index in [0.717, 1.165) is 4.90 Å². The van der Waals surface area contributed by atoms with Crippen LogP contribution in [-0.4, -0.2) is 62.3 Å². The number of amides is 2. The summed E-state index contributed by atoms with van der Waals surface area (Å²) in [6.45, 7) is 5.16. The Morgan fingerprint density at radius 1 is 1.18 bits per heavy atom. The zero-order valence-electron chi connectivity index (χ0n) is 18.5. The van der Waals surface area contributed by atoms with Crippen LogP contribution in [0.5, 0.6) is 0 Å². The Labute approximate surface area is 197 Å². The fourth-order valence-corrected chi connectivity index (χ4v) is 6.56. The molecule has 0 bridgehead atoms. The third-order valence-electron chi connectivity index (χ3n) is 5.92. The van der Waals surface area contributed by atoms with E-state index >= 15 is 0 Å². The first-order chi connectivity index (χ1) is 15.7. The summed E-state index contributed by atoms with van der Waals surface area (Å²) in [5.41, 5.74) is 0.986. The summed E-state index contributed by atoms with van der Waals surface area (Å²) in [6.07, 6.45) is 0. The predicted molar refractivity (Wildman–Crippen MR) is 127 cm³/mol. The van der Waals surface area contributed by atoms with Crippen LogP contribution in [0.2, 0.25) is 0 Å². The number of rotatable bonds is 5. The van der Waals surface area contributed by atoms with E-state index in [1.807, 2.05) is 4.90 Å². The van der Waals surface area contributed by atoms with Crippen molar-refractivity contribution in [3.05, 3.63) is 48.3 Å². The van der Waals surface area contributed by atoms with E-state index < -0.39 is 15.8 Å². The number of nitrogens with zero attached hydrogens (tertiary/aromatic N) is 2. The number of para-hydroxylation sites is 1. The van der Waals surface area contributed by atoms with Gasteiger partial charge in [-0.3, -0.25) is 9.59 Å². The molecule has 176 valence electrons. The minimum Gasteiger partial charge on any atom is -0.366 e. The van der Waals surface area contributed by atoms with Gasteiger partial charge in [-0.25, -0.2) is 12.8 Å². The van der Waals surface area contributed by atoms with Crippen molar-refractivity contribution in [2.75, 3.05) is 42.1 Å². The largest absolute Gasteiger partial charge is 0.366 e. The van der Waals surface area contributed by atoms with Crippen LogP contribution >= 0.6 is 11.8 Å². The molecule has 33 heavy (non-hydrogen) atoms. The van der Waals surface area contributed by atoms with Crippen LogP contribution < -0.4 is 10.2 Å². The van der Waals surface area contributed by atoms with Gasteiger partial charge in [0, 0.05) is 37.0 Å². The zero-order chi connectivity index (χ0) is 23.8. The van der Waals surface area contributed by atoms with Crippen LogP contribution in [-0.2, 0) is 19.4 Å². The van der Waals surface area contributed by atoms with E-state index in [0.29, 0.717) is 37.6 Å². The summed E-state index contributed by atoms with van der Waals surface area (Å²) >= 11 is 1.38. The van der Waals surface area contributed by atoms with E-state index in [-0.39, 0.29) is 33.5 Å². The molecule has 1 N–H and O–H groups in total. The molecule has 2 heterocycles. The molecule has 0 saturated carbocycles. The van der Waals surface area contributed by atoms with Gasteiger partial charge < -0.3 is 15.1 Å². The number of hydrogen-bond acceptors (Lipinski definition) is 6. The molecule has 0 spiro atoms. The first kappa shape index (κ1) is 23.6. The van der Waals surface area contributed by atoms with Gasteiger partial charge in [0.15, 0.2) is 9.84 Å². The number of piperazine rings is 1. The lowest BCUT2D eigenvalue weighted by atomic mass is 10.1. The lowest BCUT2D eigenvalue weighted by Crippen LogP contribution is -2.51. The van der Waals surface area contributed by atoms with E-state index in [9.17, 15) is 22.4 Å². The maximum absolute atomic E-state index is 14.0. The van der Waals surface area contributed by atoms with Gasteiger partial charge in [-0.15, -0.1) is 11.8 Å². The van der Waals surface area contributed by atoms with Crippen molar-refractivity contribution >= 4 is 44.8 Å². The third kappa shape index (κ3) is 5.01. The summed E-state index contributed by atoms with van der Waals surface area (Å²) < 4.78 is 40.0. The standard InChI is InChI=1S/C23H26FN3O4S2/c1-15(23(29)27-11-9-26(10-12-27)20-6-4-3-5-18(20)24)14-33(30,31)17-7-8-21-19(13-17)25-22(28)16(2)32-21/h3-8,13,15-16H,9-12,14H2,1-2H3,(H,25,28). The van der Waals surface area contributed by atoms with Crippen LogP contribution in [0, 0.1) is 11.7 Å². The Bertz CT molecular complexity index is 1180. The number of hydrogen-bond donors (Lipinski definition) is 1. The molecule has 2 atom stereocenters. The molecule has 2 aliphatic rings. The molecule has 1 saturated heterocycles. The number of thioether (sulfide) groups is 1. The van der Waals surface area contributed by atoms with E-state index in [4.69, 9.17) is 0 Å². The summed E-state index contributed by atoms with van der Waals surface area (Å²) in [6, 6.07) is 11.2. The van der Waals surface area contributed by atoms with Crippen LogP contribution in [0.25, 0.3) is 0 Å². The van der Waals surface area contributed by atoms with Gasteiger partial charge in [0.25, 0.3) is 0 Å². The zero-order valence-corrected chi connectivity index (χ0v) is 20.1. The average molecular weight is 492 g/mol. The Morgan fingerprint density at radius 2 is 1.88 bits per heavy atom. The molecule has 0 radical (unpaired) electrons. The van der Waals surface area contributed by atoms with Crippen molar-refractivity contribution in [2.24, 2.45) is 5.92 Å². The van der Waals surface area contributed by atoms with E-state index in [1.165, 1.54) is 30.0 Å². The number of nitrogens with one attached hydrogen (secondary N) is 1. The second-order valence-corrected chi connectivity index (χ2v) is 11.8. The van der Waals surface area contributed by atoms with Gasteiger partial charge in [-0.05, 0) is 37.3 Å². The quantitative estimate of drug-likeness (QED) is 0.692. The van der Waals surface area contributed by atoms with Crippen LogP contribution in [0.3, 0.4) is 0 Å². The second-order valence-electron chi connectivity index (χ2n) is 8.35. The van der Waals surface area contributed by atoms with Crippen LogP contribution in [0.1, 0.15) is 13.8 Å². The van der Waals surface area contributed by atoms with Crippen molar-refractivity contribution in [3.63, 3.8) is 0 Å². The first-order valence-electron chi connectivity index (χ1n) is 10.8. The van der Waals surface area contributed by atoms with Gasteiger partial charge in [0.2, 0.25) is 11.8 Å². The Kier molecular flexibility index (Phi) is 6.67. The summed E-state index contributed by atoms with van der Waals surface area (Å²) in [4.78, 5) is 29.3. The highest BCUT2D eigenvalue weighted by Gasteiger charge is 2.31. The van der Waals surface area contributed by atoms with Gasteiger partial charge in [-0.2, -0.15) is 0 Å². The van der Waals surface area contributed by atoms with Gasteiger partial charge in [0.05, 0.1) is 27.3 Å². The van der Waals surface area contributed by atoms with E-state index in [1.54, 1.807) is 43.0 Å². The van der Waals surface area contributed by atoms with Gasteiger partial charge in [0.1, 0.15) is 5.82 Å². The fraction of sp³-hybridized carbons (Fsp3) is 0.391. The molecular weight excluding hydrogens is 465 g/mol. The number of carbonyl (C=O) groups excluding carboxylic acids is 2. The second kappa shape index (κ2) is 9.34. The lowest BCUT2D eigenvalue weighted by Gasteiger charge is -2.37. The SMILES string of the molecule is CC(CS(=O)(=O)c1ccc2c(c1)NC(=O)C(C)S2)C(=O)N1CCN(c2ccccc2F)CC1. The Balaban J connectivity index is 1.39. The number of fused-ring (bicyclic) bond motifs is 1. The van der Waals surface area contributed by atoms with Crippen molar-refractivity contribution in [3.8, 4) is 0 Å². The molecule has 0 aromatic heterocycles. The number of benzene rings is 2. The van der Waals surface area contributed by atoms with Gasteiger partial charge >= 0.3 is 0 Å². The van der Waals surface area contributed by atoms with Crippen LogP contribution in [0.4, 0.5) is 15.8 Å². The fourth-order valence-electron chi connectivity index (χ4n) is 4.07. The first-order valence-corrected chi connectivity index (χ1v) is 13.3. The number of anilines is 2. The molecule has 10 heteroatoms. The predicted octanol–water partition coefficient (Wildman–Crippen LogP) is 3.02. The molecule has 2 aromatic carbocycles.